The summed E-state index contributed by atoms with van der Waals surface area (Å²) in [7, 11) is 0. The van der Waals surface area contributed by atoms with E-state index in [1.165, 1.54) is 18.2 Å². The zero-order valence-corrected chi connectivity index (χ0v) is 9.47. The van der Waals surface area contributed by atoms with Gasteiger partial charge in [0.15, 0.2) is 0 Å². The molecule has 1 aliphatic rings. The third kappa shape index (κ3) is 2.50. The van der Waals surface area contributed by atoms with Gasteiger partial charge in [0.2, 0.25) is 0 Å². The normalized spacial score (nSPS) is 14.6. The summed E-state index contributed by atoms with van der Waals surface area (Å²) < 4.78 is 0. The summed E-state index contributed by atoms with van der Waals surface area (Å²) in [4.78, 5) is 13.8. The summed E-state index contributed by atoms with van der Waals surface area (Å²) in [6, 6.07) is 4.17. The lowest BCUT2D eigenvalue weighted by atomic mass is 10.1. The van der Waals surface area contributed by atoms with Crippen LogP contribution in [0.4, 0.5) is 0 Å². The number of aromatic hydroxyl groups is 2. The van der Waals surface area contributed by atoms with Crippen LogP contribution in [0.2, 0.25) is 0 Å². The fourth-order valence-electron chi connectivity index (χ4n) is 1.83. The molecule has 0 saturated heterocycles. The van der Waals surface area contributed by atoms with Gasteiger partial charge < -0.3 is 20.8 Å². The number of hydrogen-bond donors (Lipinski definition) is 3. The van der Waals surface area contributed by atoms with Crippen molar-refractivity contribution >= 4 is 5.91 Å². The predicted octanol–water partition coefficient (Wildman–Crippen LogP) is 0.661. The fourth-order valence-corrected chi connectivity index (χ4v) is 1.83. The van der Waals surface area contributed by atoms with E-state index in [1.807, 2.05) is 0 Å². The Morgan fingerprint density at radius 3 is 2.71 bits per heavy atom. The summed E-state index contributed by atoms with van der Waals surface area (Å²) in [6.45, 7) is 0.862. The van der Waals surface area contributed by atoms with Gasteiger partial charge in [-0.1, -0.05) is 0 Å². The van der Waals surface area contributed by atoms with Gasteiger partial charge >= 0.3 is 0 Å². The Morgan fingerprint density at radius 1 is 1.41 bits per heavy atom. The van der Waals surface area contributed by atoms with Crippen LogP contribution in [0.15, 0.2) is 18.2 Å². The maximum atomic E-state index is 12.2. The van der Waals surface area contributed by atoms with E-state index < -0.39 is 0 Å². The Labute approximate surface area is 99.5 Å². The van der Waals surface area contributed by atoms with Gasteiger partial charge in [-0.3, -0.25) is 4.79 Å². The van der Waals surface area contributed by atoms with Crippen LogP contribution in [0, 0.1) is 0 Å². The Morgan fingerprint density at radius 2 is 2.12 bits per heavy atom. The van der Waals surface area contributed by atoms with Crippen molar-refractivity contribution in [2.24, 2.45) is 5.73 Å². The maximum Gasteiger partial charge on any atom is 0.258 e. The van der Waals surface area contributed by atoms with Crippen LogP contribution >= 0.6 is 0 Å². The van der Waals surface area contributed by atoms with Crippen molar-refractivity contribution in [3.8, 4) is 11.5 Å². The van der Waals surface area contributed by atoms with Crippen molar-refractivity contribution in [3.63, 3.8) is 0 Å². The highest BCUT2D eigenvalue weighted by atomic mass is 16.3. The number of phenols is 2. The van der Waals surface area contributed by atoms with Gasteiger partial charge in [0.05, 0.1) is 5.56 Å². The van der Waals surface area contributed by atoms with E-state index in [1.54, 1.807) is 4.90 Å². The van der Waals surface area contributed by atoms with E-state index in [9.17, 15) is 15.0 Å². The highest BCUT2D eigenvalue weighted by Crippen LogP contribution is 2.30. The van der Waals surface area contributed by atoms with Gasteiger partial charge in [-0.25, -0.2) is 0 Å². The quantitative estimate of drug-likeness (QED) is 0.670. The molecule has 0 unspecified atom stereocenters. The molecule has 1 saturated carbocycles. The van der Waals surface area contributed by atoms with Gasteiger partial charge in [-0.2, -0.15) is 0 Å². The Hall–Kier alpha value is -1.75. The molecule has 4 N–H and O–H groups in total. The Balaban J connectivity index is 2.24. The molecule has 92 valence electrons. The minimum atomic E-state index is -0.272. The predicted molar refractivity (Wildman–Crippen MR) is 62.9 cm³/mol. The van der Waals surface area contributed by atoms with Crippen LogP contribution in [-0.2, 0) is 0 Å². The molecule has 1 aromatic rings. The Bertz CT molecular complexity index is 430. The molecule has 5 heteroatoms. The third-order valence-corrected chi connectivity index (χ3v) is 2.83. The highest BCUT2D eigenvalue weighted by Gasteiger charge is 2.33. The molecule has 1 fully saturated rings. The van der Waals surface area contributed by atoms with E-state index in [4.69, 9.17) is 5.73 Å². The second kappa shape index (κ2) is 4.63. The molecule has 0 radical (unpaired) electrons. The number of rotatable bonds is 4. The molecule has 0 atom stereocenters. The average molecular weight is 236 g/mol. The number of nitrogens with zero attached hydrogens (tertiary/aromatic N) is 1. The lowest BCUT2D eigenvalue weighted by Crippen LogP contribution is -2.37. The van der Waals surface area contributed by atoms with Gasteiger partial charge in [0.1, 0.15) is 11.5 Å². The van der Waals surface area contributed by atoms with E-state index in [0.717, 1.165) is 12.8 Å². The number of phenolic OH excluding ortho intramolecular Hbond substituents is 2. The molecular weight excluding hydrogens is 220 g/mol. The molecule has 1 amide bonds. The van der Waals surface area contributed by atoms with E-state index in [-0.39, 0.29) is 29.0 Å². The van der Waals surface area contributed by atoms with Crippen LogP contribution in [-0.4, -0.2) is 40.2 Å². The molecule has 0 bridgehead atoms. The molecule has 0 aromatic heterocycles. The van der Waals surface area contributed by atoms with Crippen molar-refractivity contribution in [3.05, 3.63) is 23.8 Å². The first-order chi connectivity index (χ1) is 8.13. The summed E-state index contributed by atoms with van der Waals surface area (Å²) in [5, 5.41) is 19.0. The molecular formula is C12H16N2O3. The van der Waals surface area contributed by atoms with E-state index in [2.05, 4.69) is 0 Å². The highest BCUT2D eigenvalue weighted by molar-refractivity contribution is 5.97. The lowest BCUT2D eigenvalue weighted by Gasteiger charge is -2.22. The molecule has 5 nitrogen and oxygen atoms in total. The molecule has 0 heterocycles. The summed E-state index contributed by atoms with van der Waals surface area (Å²) >= 11 is 0. The van der Waals surface area contributed by atoms with Crippen molar-refractivity contribution in [2.75, 3.05) is 13.1 Å². The summed E-state index contributed by atoms with van der Waals surface area (Å²) in [6.07, 6.45) is 1.95. The monoisotopic (exact) mass is 236 g/mol. The van der Waals surface area contributed by atoms with Gasteiger partial charge in [0.25, 0.3) is 5.91 Å². The van der Waals surface area contributed by atoms with Crippen LogP contribution in [0.5, 0.6) is 11.5 Å². The number of hydrogen-bond acceptors (Lipinski definition) is 4. The van der Waals surface area contributed by atoms with Crippen molar-refractivity contribution < 1.29 is 15.0 Å². The van der Waals surface area contributed by atoms with Crippen molar-refractivity contribution in [2.45, 2.75) is 18.9 Å². The number of carbonyl (C=O) groups is 1. The molecule has 1 aliphatic carbocycles. The average Bonchev–Trinajstić information content (AvgIpc) is 3.12. The van der Waals surface area contributed by atoms with Gasteiger partial charge in [-0.15, -0.1) is 0 Å². The topological polar surface area (TPSA) is 86.8 Å². The summed E-state index contributed by atoms with van der Waals surface area (Å²) in [5.74, 6) is -0.420. The zero-order chi connectivity index (χ0) is 12.4. The van der Waals surface area contributed by atoms with Crippen LogP contribution < -0.4 is 5.73 Å². The minimum Gasteiger partial charge on any atom is -0.508 e. The summed E-state index contributed by atoms with van der Waals surface area (Å²) in [5.41, 5.74) is 5.60. The molecule has 0 aliphatic heterocycles. The number of benzene rings is 1. The van der Waals surface area contributed by atoms with Crippen LogP contribution in [0.3, 0.4) is 0 Å². The molecule has 2 rings (SSSR count). The zero-order valence-electron chi connectivity index (χ0n) is 9.47. The van der Waals surface area contributed by atoms with Gasteiger partial charge in [0, 0.05) is 19.1 Å². The minimum absolute atomic E-state index is 0.0327. The Kier molecular flexibility index (Phi) is 3.19. The SMILES string of the molecule is NCCN(C(=O)c1cc(O)ccc1O)C1CC1. The van der Waals surface area contributed by atoms with E-state index in [0.29, 0.717) is 13.1 Å². The second-order valence-electron chi connectivity index (χ2n) is 4.22. The standard InChI is InChI=1S/C12H16N2O3/c13-5-6-14(8-1-2-8)12(17)10-7-9(15)3-4-11(10)16/h3-4,7-8,15-16H,1-2,5-6,13H2. The first kappa shape index (κ1) is 11.7. The smallest absolute Gasteiger partial charge is 0.258 e. The first-order valence-corrected chi connectivity index (χ1v) is 5.66. The third-order valence-electron chi connectivity index (χ3n) is 2.83. The second-order valence-corrected chi connectivity index (χ2v) is 4.22. The maximum absolute atomic E-state index is 12.2. The lowest BCUT2D eigenvalue weighted by molar-refractivity contribution is 0.0744. The van der Waals surface area contributed by atoms with Gasteiger partial charge in [-0.05, 0) is 31.0 Å². The van der Waals surface area contributed by atoms with Crippen molar-refractivity contribution in [1.82, 2.24) is 4.90 Å². The number of carbonyl (C=O) groups excluding carboxylic acids is 1. The van der Waals surface area contributed by atoms with E-state index >= 15 is 0 Å². The molecule has 1 aromatic carbocycles. The number of amides is 1. The van der Waals surface area contributed by atoms with Crippen molar-refractivity contribution in [1.29, 1.82) is 0 Å². The fraction of sp³-hybridized carbons (Fsp3) is 0.417. The first-order valence-electron chi connectivity index (χ1n) is 5.66. The largest absolute Gasteiger partial charge is 0.508 e. The molecule has 0 spiro atoms. The van der Waals surface area contributed by atoms with Crippen LogP contribution in [0.1, 0.15) is 23.2 Å². The van der Waals surface area contributed by atoms with Crippen LogP contribution in [0.25, 0.3) is 0 Å². The number of nitrogens with two attached hydrogens (primary N) is 1. The molecule has 17 heavy (non-hydrogen) atoms.